The van der Waals surface area contributed by atoms with E-state index in [4.69, 9.17) is 0 Å². The van der Waals surface area contributed by atoms with Gasteiger partial charge in [-0.15, -0.1) is 0 Å². The van der Waals surface area contributed by atoms with Crippen LogP contribution in [0.2, 0.25) is 0 Å². The summed E-state index contributed by atoms with van der Waals surface area (Å²) in [4.78, 5) is 0. The first-order valence-electron chi connectivity index (χ1n) is 10.4. The summed E-state index contributed by atoms with van der Waals surface area (Å²) in [5.74, 6) is 0. The van der Waals surface area contributed by atoms with E-state index in [0.29, 0.717) is 0 Å². The van der Waals surface area contributed by atoms with E-state index in [1.807, 2.05) is 11.3 Å². The Bertz CT molecular complexity index is 353. The van der Waals surface area contributed by atoms with Crippen molar-refractivity contribution in [3.05, 3.63) is 21.9 Å². The van der Waals surface area contributed by atoms with Crippen LogP contribution < -0.4 is 0 Å². The Balaban J connectivity index is 1.98. The molecule has 134 valence electrons. The van der Waals surface area contributed by atoms with Gasteiger partial charge in [-0.2, -0.15) is 11.3 Å². The highest BCUT2D eigenvalue weighted by Crippen LogP contribution is 2.21. The molecule has 0 aromatic carbocycles. The fourth-order valence-electron chi connectivity index (χ4n) is 3.33. The Kier molecular flexibility index (Phi) is 13.7. The van der Waals surface area contributed by atoms with Crippen LogP contribution >= 0.6 is 11.3 Å². The van der Waals surface area contributed by atoms with Crippen LogP contribution in [0.15, 0.2) is 10.8 Å². The summed E-state index contributed by atoms with van der Waals surface area (Å²) < 4.78 is 0. The third-order valence-corrected chi connectivity index (χ3v) is 5.77. The quantitative estimate of drug-likeness (QED) is 0.266. The summed E-state index contributed by atoms with van der Waals surface area (Å²) in [5, 5.41) is 4.81. The third kappa shape index (κ3) is 11.0. The molecule has 0 saturated heterocycles. The highest BCUT2D eigenvalue weighted by Gasteiger charge is 2.03. The largest absolute Gasteiger partial charge is 0.152 e. The molecule has 0 atom stereocenters. The topological polar surface area (TPSA) is 0 Å². The number of thiophene rings is 1. The van der Waals surface area contributed by atoms with Crippen LogP contribution in [-0.4, -0.2) is 0 Å². The van der Waals surface area contributed by atoms with Gasteiger partial charge in [0, 0.05) is 0 Å². The van der Waals surface area contributed by atoms with Crippen LogP contribution in [0.5, 0.6) is 0 Å². The molecule has 23 heavy (non-hydrogen) atoms. The van der Waals surface area contributed by atoms with Crippen LogP contribution in [0.1, 0.15) is 115 Å². The van der Waals surface area contributed by atoms with E-state index in [1.54, 1.807) is 11.1 Å². The lowest BCUT2D eigenvalue weighted by atomic mass is 10.0. The molecule has 0 amide bonds. The van der Waals surface area contributed by atoms with Gasteiger partial charge in [0.05, 0.1) is 0 Å². The van der Waals surface area contributed by atoms with Crippen molar-refractivity contribution in [3.8, 4) is 0 Å². The second-order valence-corrected chi connectivity index (χ2v) is 7.91. The Morgan fingerprint density at radius 2 is 0.870 bits per heavy atom. The second kappa shape index (κ2) is 15.2. The van der Waals surface area contributed by atoms with Crippen molar-refractivity contribution in [3.63, 3.8) is 0 Å². The number of hydrogen-bond acceptors (Lipinski definition) is 1. The van der Waals surface area contributed by atoms with Gasteiger partial charge in [-0.25, -0.2) is 0 Å². The van der Waals surface area contributed by atoms with Crippen molar-refractivity contribution in [1.29, 1.82) is 0 Å². The maximum atomic E-state index is 2.41. The van der Waals surface area contributed by atoms with Gasteiger partial charge in [0.2, 0.25) is 0 Å². The number of aryl methyl sites for hydroxylation is 2. The minimum atomic E-state index is 1.32. The van der Waals surface area contributed by atoms with Crippen LogP contribution in [0.3, 0.4) is 0 Å². The predicted molar refractivity (Wildman–Crippen MR) is 108 cm³/mol. The summed E-state index contributed by atoms with van der Waals surface area (Å²) in [6.45, 7) is 4.59. The molecule has 0 aliphatic heterocycles. The van der Waals surface area contributed by atoms with Crippen molar-refractivity contribution in [2.24, 2.45) is 0 Å². The molecule has 1 rings (SSSR count). The summed E-state index contributed by atoms with van der Waals surface area (Å²) in [6, 6.07) is 0. The lowest BCUT2D eigenvalue weighted by Crippen LogP contribution is -1.91. The molecule has 0 unspecified atom stereocenters. The smallest absolute Gasteiger partial charge is 0.00584 e. The molecular formula is C22H40S. The SMILES string of the molecule is CCCCCCCCCCCCc1cscc1CCCCCC. The van der Waals surface area contributed by atoms with E-state index in [2.05, 4.69) is 24.6 Å². The lowest BCUT2D eigenvalue weighted by Gasteiger charge is -2.05. The molecule has 0 bridgehead atoms. The fourth-order valence-corrected chi connectivity index (χ4v) is 4.27. The molecule has 0 aliphatic carbocycles. The molecule has 0 aliphatic rings. The van der Waals surface area contributed by atoms with Gasteiger partial charge in [-0.1, -0.05) is 90.9 Å². The molecule has 0 spiro atoms. The summed E-state index contributed by atoms with van der Waals surface area (Å²) in [5.41, 5.74) is 3.31. The van der Waals surface area contributed by atoms with Crippen molar-refractivity contribution >= 4 is 11.3 Å². The minimum Gasteiger partial charge on any atom is -0.152 e. The lowest BCUT2D eigenvalue weighted by molar-refractivity contribution is 0.556. The number of hydrogen-bond donors (Lipinski definition) is 0. The van der Waals surface area contributed by atoms with Crippen molar-refractivity contribution in [2.45, 2.75) is 117 Å². The molecule has 0 saturated carbocycles. The highest BCUT2D eigenvalue weighted by atomic mass is 32.1. The Labute approximate surface area is 150 Å². The first kappa shape index (κ1) is 20.7. The molecular weight excluding hydrogens is 296 g/mol. The molecule has 0 radical (unpaired) electrons. The monoisotopic (exact) mass is 336 g/mol. The fraction of sp³-hybridized carbons (Fsp3) is 0.818. The summed E-state index contributed by atoms with van der Waals surface area (Å²) in [7, 11) is 0. The van der Waals surface area contributed by atoms with Gasteiger partial charge in [0.1, 0.15) is 0 Å². The molecule has 1 heteroatoms. The number of rotatable bonds is 16. The maximum absolute atomic E-state index is 2.41. The van der Waals surface area contributed by atoms with Gasteiger partial charge in [-0.3, -0.25) is 0 Å². The molecule has 0 nitrogen and oxygen atoms in total. The summed E-state index contributed by atoms with van der Waals surface area (Å²) in [6.07, 6.45) is 22.5. The minimum absolute atomic E-state index is 1.32. The van der Waals surface area contributed by atoms with Crippen molar-refractivity contribution in [2.75, 3.05) is 0 Å². The molecule has 1 heterocycles. The van der Waals surface area contributed by atoms with Crippen LogP contribution in [0.4, 0.5) is 0 Å². The zero-order valence-electron chi connectivity index (χ0n) is 15.9. The zero-order chi connectivity index (χ0) is 16.6. The zero-order valence-corrected chi connectivity index (χ0v) is 16.7. The van der Waals surface area contributed by atoms with Gasteiger partial charge in [0.25, 0.3) is 0 Å². The Morgan fingerprint density at radius 3 is 1.30 bits per heavy atom. The molecule has 1 aromatic rings. The standard InChI is InChI=1S/C22H40S/c1-3-5-7-9-10-11-12-13-14-16-18-22-20-23-19-21(22)17-15-8-6-4-2/h19-20H,3-18H2,1-2H3. The average Bonchev–Trinajstić information content (AvgIpc) is 3.01. The third-order valence-electron chi connectivity index (χ3n) is 4.93. The van der Waals surface area contributed by atoms with Gasteiger partial charge >= 0.3 is 0 Å². The van der Waals surface area contributed by atoms with Gasteiger partial charge in [-0.05, 0) is 47.6 Å². The van der Waals surface area contributed by atoms with E-state index >= 15 is 0 Å². The van der Waals surface area contributed by atoms with Crippen LogP contribution in [0, 0.1) is 0 Å². The molecule has 1 aromatic heterocycles. The van der Waals surface area contributed by atoms with Gasteiger partial charge in [0.15, 0.2) is 0 Å². The van der Waals surface area contributed by atoms with E-state index in [9.17, 15) is 0 Å². The Morgan fingerprint density at radius 1 is 0.522 bits per heavy atom. The van der Waals surface area contributed by atoms with Crippen molar-refractivity contribution < 1.29 is 0 Å². The van der Waals surface area contributed by atoms with E-state index in [0.717, 1.165) is 0 Å². The Hall–Kier alpha value is -0.300. The maximum Gasteiger partial charge on any atom is -0.00584 e. The average molecular weight is 337 g/mol. The first-order valence-corrected chi connectivity index (χ1v) is 11.4. The second-order valence-electron chi connectivity index (χ2n) is 7.16. The number of unbranched alkanes of at least 4 members (excludes halogenated alkanes) is 12. The normalized spacial score (nSPS) is 11.2. The van der Waals surface area contributed by atoms with Crippen molar-refractivity contribution in [1.82, 2.24) is 0 Å². The molecule has 0 fully saturated rings. The van der Waals surface area contributed by atoms with Crippen LogP contribution in [-0.2, 0) is 12.8 Å². The first-order chi connectivity index (χ1) is 11.4. The predicted octanol–water partition coefficient (Wildman–Crippen LogP) is 8.33. The molecule has 0 N–H and O–H groups in total. The van der Waals surface area contributed by atoms with E-state index < -0.39 is 0 Å². The highest BCUT2D eigenvalue weighted by molar-refractivity contribution is 7.08. The van der Waals surface area contributed by atoms with Gasteiger partial charge < -0.3 is 0 Å². The summed E-state index contributed by atoms with van der Waals surface area (Å²) >= 11 is 1.91. The van der Waals surface area contributed by atoms with E-state index in [-0.39, 0.29) is 0 Å². The van der Waals surface area contributed by atoms with Crippen LogP contribution in [0.25, 0.3) is 0 Å². The van der Waals surface area contributed by atoms with E-state index in [1.165, 1.54) is 103 Å².